The lowest BCUT2D eigenvalue weighted by molar-refractivity contribution is 0.569. The molecular weight excluding hydrogens is 701 g/mol. The summed E-state index contributed by atoms with van der Waals surface area (Å²) in [6, 6.07) is 47.0. The molecule has 3 unspecified atom stereocenters. The molecule has 3 aliphatic carbocycles. The molecule has 0 bridgehead atoms. The van der Waals surface area contributed by atoms with Crippen LogP contribution in [-0.4, -0.2) is 8.07 Å². The highest BCUT2D eigenvalue weighted by atomic mass is 28.3. The molecule has 276 valence electrons. The fourth-order valence-corrected chi connectivity index (χ4v) is 13.8. The van der Waals surface area contributed by atoms with Crippen molar-refractivity contribution in [1.82, 2.24) is 0 Å². The van der Waals surface area contributed by atoms with Crippen LogP contribution in [0.25, 0.3) is 76.8 Å². The SMILES string of the molecule is CC1C=C(c2cccc(-c3ccc4c(-c5ccc6ccccc6c5)c5cc6c(cc5c(C5=CC=C7C(C)CC=CC7C5)c4c3)[Si](C)(C)c3ccccc3-6)c2)C=CC1. The maximum Gasteiger partial charge on any atom is 0.113 e. The first-order valence-electron chi connectivity index (χ1n) is 21.1. The number of allylic oxidation sites excluding steroid dienone is 10. The summed E-state index contributed by atoms with van der Waals surface area (Å²) in [5.74, 6) is 1.59. The Hall–Kier alpha value is -5.76. The molecule has 0 saturated carbocycles. The zero-order chi connectivity index (χ0) is 38.4. The quantitative estimate of drug-likeness (QED) is 0.0955. The third-order valence-electron chi connectivity index (χ3n) is 13.7. The summed E-state index contributed by atoms with van der Waals surface area (Å²) in [6.07, 6.45) is 20.2. The van der Waals surface area contributed by atoms with Gasteiger partial charge in [-0.3, -0.25) is 0 Å². The van der Waals surface area contributed by atoms with E-state index in [0.717, 1.165) is 19.3 Å². The van der Waals surface area contributed by atoms with Crippen LogP contribution in [0.2, 0.25) is 13.1 Å². The molecule has 0 aromatic heterocycles. The van der Waals surface area contributed by atoms with Crippen LogP contribution in [-0.2, 0) is 0 Å². The van der Waals surface area contributed by atoms with Gasteiger partial charge in [0.05, 0.1) is 0 Å². The van der Waals surface area contributed by atoms with E-state index in [-0.39, 0.29) is 0 Å². The van der Waals surface area contributed by atoms with E-state index < -0.39 is 8.07 Å². The molecule has 0 fully saturated rings. The zero-order valence-corrected chi connectivity index (χ0v) is 34.4. The molecule has 0 nitrogen and oxygen atoms in total. The van der Waals surface area contributed by atoms with E-state index in [0.29, 0.717) is 17.8 Å². The summed E-state index contributed by atoms with van der Waals surface area (Å²) in [4.78, 5) is 0. The van der Waals surface area contributed by atoms with Crippen LogP contribution in [0.4, 0.5) is 0 Å². The van der Waals surface area contributed by atoms with Crippen molar-refractivity contribution in [2.24, 2.45) is 17.8 Å². The Morgan fingerprint density at radius 3 is 2.21 bits per heavy atom. The van der Waals surface area contributed by atoms with Gasteiger partial charge >= 0.3 is 0 Å². The van der Waals surface area contributed by atoms with Gasteiger partial charge in [-0.2, -0.15) is 0 Å². The topological polar surface area (TPSA) is 0 Å². The van der Waals surface area contributed by atoms with Crippen molar-refractivity contribution >= 4 is 61.9 Å². The second kappa shape index (κ2) is 13.1. The van der Waals surface area contributed by atoms with Crippen molar-refractivity contribution in [3.63, 3.8) is 0 Å². The molecule has 4 aliphatic rings. The van der Waals surface area contributed by atoms with Gasteiger partial charge in [0.1, 0.15) is 8.07 Å². The highest BCUT2D eigenvalue weighted by Crippen LogP contribution is 2.49. The fraction of sp³-hybridized carbons (Fsp3) is 0.179. The maximum absolute atomic E-state index is 2.66. The van der Waals surface area contributed by atoms with E-state index in [1.807, 2.05) is 0 Å². The van der Waals surface area contributed by atoms with E-state index in [9.17, 15) is 0 Å². The second-order valence-corrected chi connectivity index (χ2v) is 22.1. The van der Waals surface area contributed by atoms with E-state index in [4.69, 9.17) is 0 Å². The van der Waals surface area contributed by atoms with Gasteiger partial charge in [0.15, 0.2) is 0 Å². The van der Waals surface area contributed by atoms with E-state index in [2.05, 4.69) is 191 Å². The normalized spacial score (nSPS) is 20.6. The van der Waals surface area contributed by atoms with Crippen LogP contribution in [0.3, 0.4) is 0 Å². The second-order valence-electron chi connectivity index (χ2n) is 17.7. The van der Waals surface area contributed by atoms with Gasteiger partial charge in [0, 0.05) is 5.92 Å². The maximum atomic E-state index is 2.66. The molecule has 0 saturated heterocycles. The molecule has 57 heavy (non-hydrogen) atoms. The Balaban J connectivity index is 1.24. The Morgan fingerprint density at radius 2 is 1.32 bits per heavy atom. The minimum absolute atomic E-state index is 0.447. The number of rotatable bonds is 4. The molecule has 0 amide bonds. The highest BCUT2D eigenvalue weighted by molar-refractivity contribution is 7.04. The molecule has 7 aromatic rings. The third-order valence-corrected chi connectivity index (χ3v) is 17.3. The molecule has 0 N–H and O–H groups in total. The molecule has 7 aromatic carbocycles. The number of fused-ring (bicyclic) bond motifs is 7. The summed E-state index contributed by atoms with van der Waals surface area (Å²) in [5, 5.41) is 11.1. The van der Waals surface area contributed by atoms with Crippen molar-refractivity contribution in [3.8, 4) is 33.4 Å². The van der Waals surface area contributed by atoms with E-state index in [1.54, 1.807) is 15.9 Å². The average molecular weight is 749 g/mol. The highest BCUT2D eigenvalue weighted by Gasteiger charge is 2.38. The molecule has 0 radical (unpaired) electrons. The smallest absolute Gasteiger partial charge is 0.0873 e. The molecule has 0 spiro atoms. The Bertz CT molecular complexity index is 3000. The largest absolute Gasteiger partial charge is 0.113 e. The van der Waals surface area contributed by atoms with Crippen molar-refractivity contribution in [2.45, 2.75) is 46.2 Å². The summed E-state index contributed by atoms with van der Waals surface area (Å²) in [6.45, 7) is 9.83. The van der Waals surface area contributed by atoms with Crippen LogP contribution in [0.1, 0.15) is 44.2 Å². The Labute approximate surface area is 338 Å². The van der Waals surface area contributed by atoms with Gasteiger partial charge in [0.2, 0.25) is 0 Å². The van der Waals surface area contributed by atoms with Crippen LogP contribution < -0.4 is 10.4 Å². The van der Waals surface area contributed by atoms with Gasteiger partial charge in [0.25, 0.3) is 0 Å². The first-order valence-corrected chi connectivity index (χ1v) is 24.1. The lowest BCUT2D eigenvalue weighted by Crippen LogP contribution is -2.49. The zero-order valence-electron chi connectivity index (χ0n) is 33.4. The summed E-state index contributed by atoms with van der Waals surface area (Å²) >= 11 is 0. The van der Waals surface area contributed by atoms with E-state index >= 15 is 0 Å². The first-order chi connectivity index (χ1) is 27.8. The van der Waals surface area contributed by atoms with Crippen molar-refractivity contribution in [1.29, 1.82) is 0 Å². The fourth-order valence-electron chi connectivity index (χ4n) is 10.7. The molecule has 1 heteroatoms. The van der Waals surface area contributed by atoms with Crippen LogP contribution in [0, 0.1) is 17.8 Å². The summed E-state index contributed by atoms with van der Waals surface area (Å²) in [7, 11) is -1.95. The predicted octanol–water partition coefficient (Wildman–Crippen LogP) is 14.2. The van der Waals surface area contributed by atoms with Gasteiger partial charge in [-0.25, -0.2) is 0 Å². The minimum Gasteiger partial charge on any atom is -0.0873 e. The van der Waals surface area contributed by atoms with Crippen molar-refractivity contribution < 1.29 is 0 Å². The molecule has 3 atom stereocenters. The van der Waals surface area contributed by atoms with Crippen LogP contribution in [0.15, 0.2) is 169 Å². The number of hydrogen-bond donors (Lipinski definition) is 0. The average Bonchev–Trinajstić information content (AvgIpc) is 3.46. The van der Waals surface area contributed by atoms with Gasteiger partial charge in [-0.1, -0.05) is 172 Å². The predicted molar refractivity (Wildman–Crippen MR) is 250 cm³/mol. The first kappa shape index (κ1) is 34.5. The molecular formula is C56H48Si. The lowest BCUT2D eigenvalue weighted by Gasteiger charge is -2.31. The Kier molecular flexibility index (Phi) is 7.96. The van der Waals surface area contributed by atoms with Crippen molar-refractivity contribution in [3.05, 3.63) is 181 Å². The summed E-state index contributed by atoms with van der Waals surface area (Å²) in [5.41, 5.74) is 15.1. The standard InChI is InChI=1S/C56H48Si/c1-35-12-9-16-38(28-35)40-17-11-18-41(29-40)42-24-27-48-50(32-42)56(45-25-26-46-36(2)13-10-19-43(46)31-45)52-34-54-49(47-20-7-8-21-53(47)57(54,3)4)33-51(52)55(48)44-23-22-37-14-5-6-15-39(37)30-44/h5-11,14-30,32-36,43H,12-13,31H2,1-4H3. The van der Waals surface area contributed by atoms with Crippen molar-refractivity contribution in [2.75, 3.05) is 0 Å². The molecule has 1 aliphatic heterocycles. The van der Waals surface area contributed by atoms with E-state index in [1.165, 1.54) is 88.0 Å². The summed E-state index contributed by atoms with van der Waals surface area (Å²) < 4.78 is 0. The lowest BCUT2D eigenvalue weighted by atomic mass is 9.74. The third kappa shape index (κ3) is 5.54. The van der Waals surface area contributed by atoms with Gasteiger partial charge < -0.3 is 0 Å². The van der Waals surface area contributed by atoms with Crippen LogP contribution >= 0.6 is 0 Å². The van der Waals surface area contributed by atoms with Gasteiger partial charge in [-0.15, -0.1) is 0 Å². The molecule has 11 rings (SSSR count). The minimum atomic E-state index is -1.95. The number of hydrogen-bond acceptors (Lipinski definition) is 0. The van der Waals surface area contributed by atoms with Crippen LogP contribution in [0.5, 0.6) is 0 Å². The monoisotopic (exact) mass is 748 g/mol. The van der Waals surface area contributed by atoms with Gasteiger partial charge in [-0.05, 0) is 154 Å². The molecule has 1 heterocycles. The Morgan fingerprint density at radius 1 is 0.544 bits per heavy atom. The number of benzene rings is 7.